The molecular weight excluding hydrogens is 336 g/mol. The van der Waals surface area contributed by atoms with Crippen LogP contribution in [-0.4, -0.2) is 0 Å². The fourth-order valence-electron chi connectivity index (χ4n) is 3.09. The minimum atomic E-state index is 0.826. The van der Waals surface area contributed by atoms with Crippen molar-refractivity contribution in [3.8, 4) is 34.1 Å². The first kappa shape index (κ1) is 17.6. The second-order valence-corrected chi connectivity index (χ2v) is 6.62. The van der Waals surface area contributed by atoms with E-state index in [0.717, 1.165) is 16.7 Å². The van der Waals surface area contributed by atoms with E-state index >= 15 is 0 Å². The first-order valence-corrected chi connectivity index (χ1v) is 9.32. The monoisotopic (exact) mass is 356 g/mol. The van der Waals surface area contributed by atoms with Gasteiger partial charge in [0.15, 0.2) is 0 Å². The van der Waals surface area contributed by atoms with Gasteiger partial charge in [0, 0.05) is 11.1 Å². The summed E-state index contributed by atoms with van der Waals surface area (Å²) < 4.78 is 0. The van der Waals surface area contributed by atoms with Gasteiger partial charge in [0.2, 0.25) is 0 Å². The molecule has 0 heterocycles. The third-order valence-electron chi connectivity index (χ3n) is 4.69. The van der Waals surface area contributed by atoms with Gasteiger partial charge in [-0.15, -0.1) is 0 Å². The summed E-state index contributed by atoms with van der Waals surface area (Å²) >= 11 is 0. The van der Waals surface area contributed by atoms with E-state index in [1.54, 1.807) is 0 Å². The van der Waals surface area contributed by atoms with Gasteiger partial charge in [-0.2, -0.15) is 0 Å². The first-order valence-electron chi connectivity index (χ1n) is 9.32. The maximum Gasteiger partial charge on any atom is 0.0249 e. The van der Waals surface area contributed by atoms with Gasteiger partial charge in [0.25, 0.3) is 0 Å². The molecule has 132 valence electrons. The Kier molecular flexibility index (Phi) is 5.18. The lowest BCUT2D eigenvalue weighted by atomic mass is 10.0. The van der Waals surface area contributed by atoms with E-state index in [4.69, 9.17) is 0 Å². The summed E-state index contributed by atoms with van der Waals surface area (Å²) in [5.41, 5.74) is 7.68. The van der Waals surface area contributed by atoms with Crippen molar-refractivity contribution >= 4 is 5.57 Å². The minimum Gasteiger partial charge on any atom is -0.0827 e. The fourth-order valence-corrected chi connectivity index (χ4v) is 3.09. The van der Waals surface area contributed by atoms with Crippen LogP contribution in [0.5, 0.6) is 0 Å². The summed E-state index contributed by atoms with van der Waals surface area (Å²) in [6.07, 6.45) is 0. The Bertz CT molecular complexity index is 1120. The molecule has 0 heteroatoms. The van der Waals surface area contributed by atoms with Crippen molar-refractivity contribution in [1.29, 1.82) is 0 Å². The normalized spacial score (nSPS) is 10.0. The average Bonchev–Trinajstić information content (AvgIpc) is 2.79. The van der Waals surface area contributed by atoms with Crippen LogP contribution < -0.4 is 0 Å². The molecule has 0 aliphatic rings. The SMILES string of the molecule is C=C(C#Cc1ccc(-c2ccccc2)cc1)c1ccc(-c2ccccc2)cc1. The van der Waals surface area contributed by atoms with E-state index in [2.05, 4.69) is 115 Å². The topological polar surface area (TPSA) is 0 Å². The molecule has 0 aliphatic heterocycles. The lowest BCUT2D eigenvalue weighted by Gasteiger charge is -2.03. The predicted molar refractivity (Wildman–Crippen MR) is 120 cm³/mol. The molecule has 0 atom stereocenters. The molecule has 0 bridgehead atoms. The van der Waals surface area contributed by atoms with Crippen LogP contribution in [0.4, 0.5) is 0 Å². The van der Waals surface area contributed by atoms with Gasteiger partial charge in [-0.25, -0.2) is 0 Å². The van der Waals surface area contributed by atoms with Crippen molar-refractivity contribution in [3.63, 3.8) is 0 Å². The summed E-state index contributed by atoms with van der Waals surface area (Å²) in [6, 6.07) is 37.4. The van der Waals surface area contributed by atoms with Crippen molar-refractivity contribution in [3.05, 3.63) is 127 Å². The van der Waals surface area contributed by atoms with Crippen LogP contribution in [0.3, 0.4) is 0 Å². The summed E-state index contributed by atoms with van der Waals surface area (Å²) in [4.78, 5) is 0. The second-order valence-electron chi connectivity index (χ2n) is 6.62. The third-order valence-corrected chi connectivity index (χ3v) is 4.69. The largest absolute Gasteiger partial charge is 0.0827 e. The van der Waals surface area contributed by atoms with Gasteiger partial charge in [0.05, 0.1) is 0 Å². The van der Waals surface area contributed by atoms with Crippen LogP contribution in [0.25, 0.3) is 27.8 Å². The molecule has 4 aromatic rings. The molecule has 0 saturated heterocycles. The van der Waals surface area contributed by atoms with Crippen molar-refractivity contribution in [2.24, 2.45) is 0 Å². The Balaban J connectivity index is 1.48. The zero-order chi connectivity index (χ0) is 19.2. The van der Waals surface area contributed by atoms with E-state index in [-0.39, 0.29) is 0 Å². The van der Waals surface area contributed by atoms with Crippen LogP contribution in [0.1, 0.15) is 11.1 Å². The molecule has 0 fully saturated rings. The molecule has 0 saturated carbocycles. The lowest BCUT2D eigenvalue weighted by Crippen LogP contribution is -1.82. The Morgan fingerprint density at radius 3 is 1.43 bits per heavy atom. The summed E-state index contributed by atoms with van der Waals surface area (Å²) in [6.45, 7) is 4.13. The Hall–Kier alpha value is -3.82. The zero-order valence-electron chi connectivity index (χ0n) is 15.6. The van der Waals surface area contributed by atoms with E-state index in [1.165, 1.54) is 22.3 Å². The Morgan fingerprint density at radius 2 is 0.929 bits per heavy atom. The number of benzene rings is 4. The highest BCUT2D eigenvalue weighted by atomic mass is 14.0. The molecule has 4 aromatic carbocycles. The van der Waals surface area contributed by atoms with E-state index in [9.17, 15) is 0 Å². The van der Waals surface area contributed by atoms with Gasteiger partial charge < -0.3 is 0 Å². The molecule has 4 rings (SSSR count). The molecule has 0 aromatic heterocycles. The third kappa shape index (κ3) is 4.11. The quantitative estimate of drug-likeness (QED) is 0.344. The van der Waals surface area contributed by atoms with E-state index in [1.807, 2.05) is 12.1 Å². The van der Waals surface area contributed by atoms with E-state index < -0.39 is 0 Å². The number of hydrogen-bond acceptors (Lipinski definition) is 0. The molecule has 28 heavy (non-hydrogen) atoms. The molecule has 0 amide bonds. The summed E-state index contributed by atoms with van der Waals surface area (Å²) in [5.74, 6) is 6.41. The molecular formula is C28H20. The first-order chi connectivity index (χ1) is 13.8. The van der Waals surface area contributed by atoms with Gasteiger partial charge in [-0.3, -0.25) is 0 Å². The van der Waals surface area contributed by atoms with Crippen molar-refractivity contribution in [1.82, 2.24) is 0 Å². The second kappa shape index (κ2) is 8.25. The van der Waals surface area contributed by atoms with Crippen molar-refractivity contribution < 1.29 is 0 Å². The Labute approximate surface area is 166 Å². The standard InChI is InChI=1S/C28H20/c1-22(24-18-20-28(21-19-24)26-10-6-3-7-11-26)12-13-23-14-16-27(17-15-23)25-8-4-2-5-9-25/h2-11,14-21H,1H2. The molecule has 0 N–H and O–H groups in total. The number of allylic oxidation sites excluding steroid dienone is 1. The fraction of sp³-hybridized carbons (Fsp3) is 0. The van der Waals surface area contributed by atoms with Crippen LogP contribution >= 0.6 is 0 Å². The highest BCUT2D eigenvalue weighted by Gasteiger charge is 2.00. The highest BCUT2D eigenvalue weighted by Crippen LogP contribution is 2.22. The molecule has 0 spiro atoms. The Morgan fingerprint density at radius 1 is 0.500 bits per heavy atom. The number of rotatable bonds is 3. The average molecular weight is 356 g/mol. The van der Waals surface area contributed by atoms with Gasteiger partial charge in [-0.1, -0.05) is 115 Å². The van der Waals surface area contributed by atoms with E-state index in [0.29, 0.717) is 0 Å². The molecule has 0 unspecified atom stereocenters. The van der Waals surface area contributed by atoms with Crippen molar-refractivity contribution in [2.75, 3.05) is 0 Å². The van der Waals surface area contributed by atoms with Gasteiger partial charge in [0.1, 0.15) is 0 Å². The van der Waals surface area contributed by atoms with Gasteiger partial charge >= 0.3 is 0 Å². The molecule has 0 radical (unpaired) electrons. The van der Waals surface area contributed by atoms with Crippen LogP contribution in [0.15, 0.2) is 116 Å². The number of hydrogen-bond donors (Lipinski definition) is 0. The predicted octanol–water partition coefficient (Wildman–Crippen LogP) is 7.09. The molecule has 0 nitrogen and oxygen atoms in total. The van der Waals surface area contributed by atoms with Crippen LogP contribution in [0.2, 0.25) is 0 Å². The lowest BCUT2D eigenvalue weighted by molar-refractivity contribution is 1.58. The van der Waals surface area contributed by atoms with Crippen molar-refractivity contribution in [2.45, 2.75) is 0 Å². The summed E-state index contributed by atoms with van der Waals surface area (Å²) in [7, 11) is 0. The summed E-state index contributed by atoms with van der Waals surface area (Å²) in [5, 5.41) is 0. The maximum atomic E-state index is 4.13. The van der Waals surface area contributed by atoms with Crippen LogP contribution in [-0.2, 0) is 0 Å². The minimum absolute atomic E-state index is 0.826. The van der Waals surface area contributed by atoms with Crippen LogP contribution in [0, 0.1) is 11.8 Å². The molecule has 0 aliphatic carbocycles. The maximum absolute atomic E-state index is 4.13. The van der Waals surface area contributed by atoms with Gasteiger partial charge in [-0.05, 0) is 39.9 Å². The smallest absolute Gasteiger partial charge is 0.0249 e. The zero-order valence-corrected chi connectivity index (χ0v) is 15.6. The highest BCUT2D eigenvalue weighted by molar-refractivity contribution is 5.79.